The lowest BCUT2D eigenvalue weighted by Crippen LogP contribution is -2.56. The molecule has 50 heavy (non-hydrogen) atoms. The number of halogens is 2. The Labute approximate surface area is 290 Å². The highest BCUT2D eigenvalue weighted by atomic mass is 19.1. The Morgan fingerprint density at radius 3 is 2.40 bits per heavy atom. The van der Waals surface area contributed by atoms with Gasteiger partial charge in [-0.25, -0.2) is 13.9 Å². The third-order valence-corrected chi connectivity index (χ3v) is 9.81. The van der Waals surface area contributed by atoms with Gasteiger partial charge in [-0.1, -0.05) is 62.4 Å². The van der Waals surface area contributed by atoms with Crippen LogP contribution in [0.5, 0.6) is 0 Å². The molecule has 1 aliphatic heterocycles. The van der Waals surface area contributed by atoms with Gasteiger partial charge in [-0.3, -0.25) is 19.2 Å². The Hall–Kier alpha value is -5.19. The molecule has 0 aliphatic carbocycles. The summed E-state index contributed by atoms with van der Waals surface area (Å²) in [4.78, 5) is 55.5. The lowest BCUT2D eigenvalue weighted by molar-refractivity contribution is -0.164. The Kier molecular flexibility index (Phi) is 11.2. The van der Waals surface area contributed by atoms with E-state index in [-0.39, 0.29) is 24.2 Å². The molecule has 3 atom stereocenters. The van der Waals surface area contributed by atoms with E-state index in [2.05, 4.69) is 15.5 Å². The van der Waals surface area contributed by atoms with Crippen molar-refractivity contribution in [1.82, 2.24) is 20.4 Å². The zero-order valence-electron chi connectivity index (χ0n) is 28.7. The second-order valence-corrected chi connectivity index (χ2v) is 12.9. The summed E-state index contributed by atoms with van der Waals surface area (Å²) in [7, 11) is 0. The van der Waals surface area contributed by atoms with Gasteiger partial charge in [-0.05, 0) is 86.6 Å². The molecule has 0 saturated carbocycles. The predicted molar refractivity (Wildman–Crippen MR) is 184 cm³/mol. The number of carbonyl (C=O) groups excluding carboxylic acids is 3. The van der Waals surface area contributed by atoms with E-state index in [0.717, 1.165) is 11.6 Å². The minimum atomic E-state index is -1.08. The molecule has 1 fully saturated rings. The summed E-state index contributed by atoms with van der Waals surface area (Å²) in [5.74, 6) is -2.69. The van der Waals surface area contributed by atoms with Crippen LogP contribution in [0.2, 0.25) is 0 Å². The lowest BCUT2D eigenvalue weighted by atomic mass is 9.74. The second kappa shape index (κ2) is 15.6. The van der Waals surface area contributed by atoms with Crippen LogP contribution in [0.15, 0.2) is 83.7 Å². The van der Waals surface area contributed by atoms with Crippen LogP contribution in [0, 0.1) is 24.0 Å². The van der Waals surface area contributed by atoms with Gasteiger partial charge in [-0.15, -0.1) is 0 Å². The molecule has 0 unspecified atom stereocenters. The van der Waals surface area contributed by atoms with Crippen LogP contribution in [-0.4, -0.2) is 45.0 Å². The van der Waals surface area contributed by atoms with Gasteiger partial charge in [-0.2, -0.15) is 5.10 Å². The molecule has 11 heteroatoms. The number of hydrogen-bond donors (Lipinski definition) is 2. The van der Waals surface area contributed by atoms with Crippen molar-refractivity contribution >= 4 is 17.8 Å². The highest BCUT2D eigenvalue weighted by Crippen LogP contribution is 2.47. The smallest absolute Gasteiger partial charge is 0.314 e. The van der Waals surface area contributed by atoms with Crippen molar-refractivity contribution in [1.29, 1.82) is 0 Å². The molecule has 1 saturated heterocycles. The summed E-state index contributed by atoms with van der Waals surface area (Å²) in [5.41, 5.74) is 1.04. The van der Waals surface area contributed by atoms with E-state index in [0.29, 0.717) is 42.5 Å². The van der Waals surface area contributed by atoms with E-state index in [9.17, 15) is 23.6 Å². The summed E-state index contributed by atoms with van der Waals surface area (Å²) in [6.45, 7) is 7.10. The van der Waals surface area contributed by atoms with Crippen molar-refractivity contribution < 1.29 is 27.9 Å². The first-order chi connectivity index (χ1) is 24.0. The molecular formula is C39H42F2N4O5. The summed E-state index contributed by atoms with van der Waals surface area (Å²) >= 11 is 0. The normalized spacial score (nSPS) is 16.6. The minimum absolute atomic E-state index is 0.00349. The second-order valence-electron chi connectivity index (χ2n) is 12.9. The molecule has 4 aromatic rings. The predicted octanol–water partition coefficient (Wildman–Crippen LogP) is 6.35. The molecule has 2 amide bonds. The fraction of sp³-hybridized carbons (Fsp3) is 0.359. The van der Waals surface area contributed by atoms with E-state index in [1.807, 2.05) is 44.2 Å². The molecule has 1 aromatic heterocycles. The van der Waals surface area contributed by atoms with Gasteiger partial charge in [0.15, 0.2) is 0 Å². The molecule has 3 aromatic carbocycles. The first-order valence-electron chi connectivity index (χ1n) is 16.9. The zero-order valence-corrected chi connectivity index (χ0v) is 28.7. The molecule has 0 spiro atoms. The number of nitrogens with one attached hydrogen (secondary N) is 2. The number of carbonyl (C=O) groups is 3. The van der Waals surface area contributed by atoms with Gasteiger partial charge in [0.1, 0.15) is 24.3 Å². The number of ether oxygens (including phenoxy) is 1. The molecule has 262 valence electrons. The third kappa shape index (κ3) is 7.66. The number of benzene rings is 3. The van der Waals surface area contributed by atoms with E-state index in [1.54, 1.807) is 30.0 Å². The maximum absolute atomic E-state index is 15.2. The number of rotatable bonds is 12. The van der Waals surface area contributed by atoms with E-state index < -0.39 is 58.5 Å². The Morgan fingerprint density at radius 2 is 1.72 bits per heavy atom. The lowest BCUT2D eigenvalue weighted by Gasteiger charge is -2.43. The number of esters is 1. The monoisotopic (exact) mass is 684 g/mol. The number of H-pyrrole nitrogens is 1. The number of nitrogens with zero attached hydrogens (tertiary/aromatic N) is 2. The number of aromatic amines is 1. The molecule has 0 bridgehead atoms. The summed E-state index contributed by atoms with van der Waals surface area (Å²) in [5, 5.41) is 8.92. The van der Waals surface area contributed by atoms with Crippen molar-refractivity contribution in [2.24, 2.45) is 5.41 Å². The van der Waals surface area contributed by atoms with Gasteiger partial charge in [0.05, 0.1) is 17.2 Å². The minimum Gasteiger partial charge on any atom is -0.460 e. The summed E-state index contributed by atoms with van der Waals surface area (Å²) < 4.78 is 35.5. The SMILES string of the molecule is CCC(CC)(C(=O)OCc1ccccc1)[C@H]1CC[C@@H](c2cccc(F)c2)N1C(=O)[C@@H](C)NC(=O)c1ccc(Cc2cc(C)n[nH]c2=O)c(F)c1. The van der Waals surface area contributed by atoms with Gasteiger partial charge in [0.2, 0.25) is 5.91 Å². The molecule has 9 nitrogen and oxygen atoms in total. The fourth-order valence-electron chi connectivity index (χ4n) is 7.01. The van der Waals surface area contributed by atoms with Gasteiger partial charge in [0.25, 0.3) is 11.5 Å². The van der Waals surface area contributed by atoms with Gasteiger partial charge in [0, 0.05) is 23.6 Å². The van der Waals surface area contributed by atoms with E-state index in [1.165, 1.54) is 31.2 Å². The molecule has 5 rings (SSSR count). The molecule has 2 N–H and O–H groups in total. The summed E-state index contributed by atoms with van der Waals surface area (Å²) in [6, 6.07) is 18.6. The Bertz CT molecular complexity index is 1910. The van der Waals surface area contributed by atoms with Crippen LogP contribution < -0.4 is 10.9 Å². The standard InChI is InChI=1S/C39H42F2N4O5/c1-5-39(6-2,38(49)50-23-26-11-8-7-9-12-26)34-18-17-33(28-13-10-14-31(40)21-28)45(34)37(48)25(4)42-35(46)29-16-15-27(32(41)22-29)20-30-19-24(3)43-44-36(30)47/h7-16,19,21-22,25,33-34H,5-6,17-18,20,23H2,1-4H3,(H,42,46)(H,44,47)/t25-,33+,34-/m1/s1. The number of amides is 2. The first kappa shape index (κ1) is 36.1. The van der Waals surface area contributed by atoms with Crippen LogP contribution in [0.3, 0.4) is 0 Å². The van der Waals surface area contributed by atoms with Gasteiger partial charge >= 0.3 is 5.97 Å². The van der Waals surface area contributed by atoms with Crippen LogP contribution in [0.4, 0.5) is 8.78 Å². The number of likely N-dealkylation sites (tertiary alicyclic amines) is 1. The van der Waals surface area contributed by atoms with Gasteiger partial charge < -0.3 is 15.0 Å². The summed E-state index contributed by atoms with van der Waals surface area (Å²) in [6.07, 6.45) is 1.71. The quantitative estimate of drug-likeness (QED) is 0.168. The highest BCUT2D eigenvalue weighted by Gasteiger charge is 2.53. The van der Waals surface area contributed by atoms with Crippen LogP contribution in [0.25, 0.3) is 0 Å². The molecule has 1 aliphatic rings. The van der Waals surface area contributed by atoms with Crippen LogP contribution in [-0.2, 0) is 27.4 Å². The third-order valence-electron chi connectivity index (χ3n) is 9.81. The highest BCUT2D eigenvalue weighted by molar-refractivity contribution is 5.97. The zero-order chi connectivity index (χ0) is 36.0. The maximum Gasteiger partial charge on any atom is 0.314 e. The van der Waals surface area contributed by atoms with Crippen molar-refractivity contribution in [2.75, 3.05) is 0 Å². The molecule has 2 heterocycles. The van der Waals surface area contributed by atoms with Crippen LogP contribution in [0.1, 0.15) is 90.8 Å². The average molecular weight is 685 g/mol. The van der Waals surface area contributed by atoms with E-state index in [4.69, 9.17) is 4.74 Å². The van der Waals surface area contributed by atoms with E-state index >= 15 is 4.39 Å². The number of aromatic nitrogens is 2. The van der Waals surface area contributed by atoms with Crippen LogP contribution >= 0.6 is 0 Å². The largest absolute Gasteiger partial charge is 0.460 e. The molecular weight excluding hydrogens is 642 g/mol. The number of hydrogen-bond acceptors (Lipinski definition) is 6. The van der Waals surface area contributed by atoms with Crippen molar-refractivity contribution in [2.45, 2.75) is 84.5 Å². The topological polar surface area (TPSA) is 121 Å². The Morgan fingerprint density at radius 1 is 0.980 bits per heavy atom. The maximum atomic E-state index is 15.2. The average Bonchev–Trinajstić information content (AvgIpc) is 3.56. The first-order valence-corrected chi connectivity index (χ1v) is 16.9. The Balaban J connectivity index is 1.39. The van der Waals surface area contributed by atoms with Crippen molar-refractivity contribution in [3.63, 3.8) is 0 Å². The van der Waals surface area contributed by atoms with Crippen molar-refractivity contribution in [3.8, 4) is 0 Å². The molecule has 0 radical (unpaired) electrons. The fourth-order valence-corrected chi connectivity index (χ4v) is 7.01. The van der Waals surface area contributed by atoms with Crippen molar-refractivity contribution in [3.05, 3.63) is 134 Å². The number of aryl methyl sites for hydroxylation is 1.